The molecule has 37 heavy (non-hydrogen) atoms. The zero-order valence-electron chi connectivity index (χ0n) is 22.1. The van der Waals surface area contributed by atoms with Crippen molar-refractivity contribution in [3.63, 3.8) is 0 Å². The van der Waals surface area contributed by atoms with Gasteiger partial charge in [0.15, 0.2) is 0 Å². The maximum absolute atomic E-state index is 12.5. The Morgan fingerprint density at radius 3 is 2.19 bits per heavy atom. The van der Waals surface area contributed by atoms with Gasteiger partial charge in [-0.15, -0.1) is 0 Å². The summed E-state index contributed by atoms with van der Waals surface area (Å²) in [5.74, 6) is 2.44. The first-order valence-electron chi connectivity index (χ1n) is 12.5. The van der Waals surface area contributed by atoms with Gasteiger partial charge >= 0.3 is 0 Å². The van der Waals surface area contributed by atoms with Crippen molar-refractivity contribution in [2.45, 2.75) is 20.3 Å². The highest BCUT2D eigenvalue weighted by molar-refractivity contribution is 5.92. The van der Waals surface area contributed by atoms with E-state index in [9.17, 15) is 4.79 Å². The molecule has 194 valence electrons. The number of hydrogen-bond acceptors (Lipinski definition) is 6. The number of carbonyl (C=O) groups excluding carboxylic acids is 1. The SMILES string of the molecule is C=C(Nc1c(C)cc(C)cc1OC)N1CCN(c2ccc(NC(=O)Cc3ccc(OC)cc3)cc2)CC1. The number of methoxy groups -OCH3 is 2. The van der Waals surface area contributed by atoms with E-state index in [-0.39, 0.29) is 5.91 Å². The summed E-state index contributed by atoms with van der Waals surface area (Å²) in [6.07, 6.45) is 0.319. The topological polar surface area (TPSA) is 66.1 Å². The Morgan fingerprint density at radius 2 is 1.57 bits per heavy atom. The third kappa shape index (κ3) is 6.55. The molecule has 4 rings (SSSR count). The Balaban J connectivity index is 1.28. The summed E-state index contributed by atoms with van der Waals surface area (Å²) in [5.41, 5.74) is 6.14. The number of amides is 1. The summed E-state index contributed by atoms with van der Waals surface area (Å²) in [7, 11) is 3.32. The Morgan fingerprint density at radius 1 is 0.892 bits per heavy atom. The number of carbonyl (C=O) groups is 1. The number of benzene rings is 3. The Bertz CT molecular complexity index is 1230. The molecule has 0 spiro atoms. The molecule has 1 amide bonds. The first kappa shape index (κ1) is 25.9. The first-order chi connectivity index (χ1) is 17.9. The van der Waals surface area contributed by atoms with Gasteiger partial charge in [0.05, 0.1) is 32.1 Å². The summed E-state index contributed by atoms with van der Waals surface area (Å²) >= 11 is 0. The van der Waals surface area contributed by atoms with Crippen molar-refractivity contribution >= 4 is 23.0 Å². The zero-order valence-corrected chi connectivity index (χ0v) is 22.1. The van der Waals surface area contributed by atoms with Crippen molar-refractivity contribution in [3.8, 4) is 11.5 Å². The molecule has 1 aliphatic heterocycles. The van der Waals surface area contributed by atoms with Crippen molar-refractivity contribution in [2.75, 3.05) is 55.9 Å². The maximum Gasteiger partial charge on any atom is 0.228 e. The van der Waals surface area contributed by atoms with Gasteiger partial charge in [-0.1, -0.05) is 24.8 Å². The van der Waals surface area contributed by atoms with Crippen molar-refractivity contribution in [1.29, 1.82) is 0 Å². The summed E-state index contributed by atoms with van der Waals surface area (Å²) in [4.78, 5) is 17.1. The van der Waals surface area contributed by atoms with E-state index in [1.165, 1.54) is 5.56 Å². The lowest BCUT2D eigenvalue weighted by molar-refractivity contribution is -0.115. The van der Waals surface area contributed by atoms with Gasteiger partial charge in [-0.3, -0.25) is 4.79 Å². The third-order valence-corrected chi connectivity index (χ3v) is 6.63. The van der Waals surface area contributed by atoms with Crippen LogP contribution in [0, 0.1) is 13.8 Å². The number of nitrogens with one attached hydrogen (secondary N) is 2. The van der Waals surface area contributed by atoms with Crippen LogP contribution in [0.1, 0.15) is 16.7 Å². The number of aryl methyl sites for hydroxylation is 2. The molecule has 1 aliphatic rings. The van der Waals surface area contributed by atoms with Crippen molar-refractivity contribution in [3.05, 3.63) is 89.8 Å². The van der Waals surface area contributed by atoms with Gasteiger partial charge in [-0.05, 0) is 73.0 Å². The van der Waals surface area contributed by atoms with E-state index in [0.29, 0.717) is 6.42 Å². The van der Waals surface area contributed by atoms with Crippen LogP contribution in [0.2, 0.25) is 0 Å². The lowest BCUT2D eigenvalue weighted by Gasteiger charge is -2.38. The average Bonchev–Trinajstić information content (AvgIpc) is 2.91. The molecule has 0 unspecified atom stereocenters. The third-order valence-electron chi connectivity index (χ3n) is 6.63. The molecule has 0 bridgehead atoms. The molecule has 3 aromatic rings. The van der Waals surface area contributed by atoms with Crippen LogP contribution in [0.3, 0.4) is 0 Å². The first-order valence-corrected chi connectivity index (χ1v) is 12.5. The van der Waals surface area contributed by atoms with Crippen LogP contribution in [0.5, 0.6) is 11.5 Å². The van der Waals surface area contributed by atoms with E-state index >= 15 is 0 Å². The minimum absolute atomic E-state index is 0.0435. The Kier molecular flexibility index (Phi) is 8.23. The number of hydrogen-bond donors (Lipinski definition) is 2. The number of anilines is 3. The normalized spacial score (nSPS) is 13.2. The Labute approximate surface area is 219 Å². The van der Waals surface area contributed by atoms with Gasteiger partial charge < -0.3 is 29.9 Å². The largest absolute Gasteiger partial charge is 0.497 e. The highest BCUT2D eigenvalue weighted by Crippen LogP contribution is 2.31. The lowest BCUT2D eigenvalue weighted by Crippen LogP contribution is -2.46. The van der Waals surface area contributed by atoms with Gasteiger partial charge in [-0.2, -0.15) is 0 Å². The van der Waals surface area contributed by atoms with Crippen LogP contribution in [0.25, 0.3) is 0 Å². The number of piperazine rings is 1. The van der Waals surface area contributed by atoms with Gasteiger partial charge in [0.2, 0.25) is 5.91 Å². The van der Waals surface area contributed by atoms with Crippen molar-refractivity contribution < 1.29 is 14.3 Å². The molecule has 7 nitrogen and oxygen atoms in total. The fourth-order valence-electron chi connectivity index (χ4n) is 4.60. The van der Waals surface area contributed by atoms with E-state index in [1.54, 1.807) is 14.2 Å². The molecule has 0 saturated carbocycles. The van der Waals surface area contributed by atoms with Gasteiger partial charge in [0.1, 0.15) is 11.5 Å². The molecule has 0 aromatic heterocycles. The molecule has 1 heterocycles. The Hall–Kier alpha value is -4.13. The monoisotopic (exact) mass is 500 g/mol. The molecule has 0 radical (unpaired) electrons. The molecule has 1 fully saturated rings. The van der Waals surface area contributed by atoms with Crippen LogP contribution in [0.4, 0.5) is 17.1 Å². The second kappa shape index (κ2) is 11.7. The lowest BCUT2D eigenvalue weighted by atomic mass is 10.1. The summed E-state index contributed by atoms with van der Waals surface area (Å²) in [6, 6.07) is 19.8. The fourth-order valence-corrected chi connectivity index (χ4v) is 4.60. The van der Waals surface area contributed by atoms with Gasteiger partial charge in [0.25, 0.3) is 0 Å². The second-order valence-electron chi connectivity index (χ2n) is 9.32. The van der Waals surface area contributed by atoms with Gasteiger partial charge in [-0.25, -0.2) is 0 Å². The van der Waals surface area contributed by atoms with E-state index in [4.69, 9.17) is 9.47 Å². The van der Waals surface area contributed by atoms with E-state index < -0.39 is 0 Å². The number of ether oxygens (including phenoxy) is 2. The van der Waals surface area contributed by atoms with E-state index in [1.807, 2.05) is 42.5 Å². The van der Waals surface area contributed by atoms with Crippen molar-refractivity contribution in [1.82, 2.24) is 4.90 Å². The van der Waals surface area contributed by atoms with Crippen LogP contribution in [-0.2, 0) is 11.2 Å². The number of rotatable bonds is 9. The standard InChI is InChI=1S/C30H36N4O3/c1-21-18-22(2)30(28(19-21)37-5)31-23(3)33-14-16-34(17-15-33)26-10-8-25(9-11-26)32-29(35)20-24-6-12-27(36-4)13-7-24/h6-13,18-19,31H,3,14-17,20H2,1-2,4-5H3,(H,32,35). The molecular weight excluding hydrogens is 464 g/mol. The summed E-state index contributed by atoms with van der Waals surface area (Å²) in [6.45, 7) is 11.9. The molecule has 7 heteroatoms. The quantitative estimate of drug-likeness (QED) is 0.421. The highest BCUT2D eigenvalue weighted by Gasteiger charge is 2.20. The fraction of sp³-hybridized carbons (Fsp3) is 0.300. The molecule has 1 saturated heterocycles. The minimum atomic E-state index is -0.0435. The summed E-state index contributed by atoms with van der Waals surface area (Å²) < 4.78 is 10.8. The summed E-state index contributed by atoms with van der Waals surface area (Å²) in [5, 5.41) is 6.46. The smallest absolute Gasteiger partial charge is 0.228 e. The molecular formula is C30H36N4O3. The minimum Gasteiger partial charge on any atom is -0.497 e. The highest BCUT2D eigenvalue weighted by atomic mass is 16.5. The van der Waals surface area contributed by atoms with Crippen LogP contribution in [0.15, 0.2) is 73.1 Å². The van der Waals surface area contributed by atoms with E-state index in [2.05, 4.69) is 59.1 Å². The predicted molar refractivity (Wildman–Crippen MR) is 151 cm³/mol. The van der Waals surface area contributed by atoms with Crippen LogP contribution < -0.4 is 25.0 Å². The molecule has 0 atom stereocenters. The van der Waals surface area contributed by atoms with Crippen LogP contribution in [-0.4, -0.2) is 51.2 Å². The average molecular weight is 501 g/mol. The molecule has 0 aliphatic carbocycles. The second-order valence-corrected chi connectivity index (χ2v) is 9.32. The zero-order chi connectivity index (χ0) is 26.4. The van der Waals surface area contributed by atoms with E-state index in [0.717, 1.165) is 71.7 Å². The molecule has 3 aromatic carbocycles. The maximum atomic E-state index is 12.5. The predicted octanol–water partition coefficient (Wildman–Crippen LogP) is 5.21. The molecule has 2 N–H and O–H groups in total. The van der Waals surface area contributed by atoms with Crippen LogP contribution >= 0.6 is 0 Å². The van der Waals surface area contributed by atoms with Crippen molar-refractivity contribution in [2.24, 2.45) is 0 Å². The number of nitrogens with zero attached hydrogens (tertiary/aromatic N) is 2. The van der Waals surface area contributed by atoms with Gasteiger partial charge in [0, 0.05) is 37.6 Å².